The van der Waals surface area contributed by atoms with Gasteiger partial charge in [-0.05, 0) is 47.1 Å². The smallest absolute Gasteiger partial charge is 0.262 e. The third-order valence-electron chi connectivity index (χ3n) is 2.54. The highest BCUT2D eigenvalue weighted by Crippen LogP contribution is 2.28. The summed E-state index contributed by atoms with van der Waals surface area (Å²) < 4.78 is 40.2. The molecule has 1 aromatic carbocycles. The summed E-state index contributed by atoms with van der Waals surface area (Å²) >= 11 is 14.7. The van der Waals surface area contributed by atoms with E-state index >= 15 is 0 Å². The lowest BCUT2D eigenvalue weighted by molar-refractivity contribution is 0.593. The molecule has 1 aromatic heterocycles. The molecule has 0 radical (unpaired) electrons. The minimum Gasteiger partial charge on any atom is -0.262 e. The second-order valence-corrected chi connectivity index (χ2v) is 7.42. The Labute approximate surface area is 139 Å². The minimum absolute atomic E-state index is 0.0479. The van der Waals surface area contributed by atoms with Crippen LogP contribution in [-0.4, -0.2) is 13.4 Å². The highest BCUT2D eigenvalue weighted by Gasteiger charge is 2.19. The number of hydrogen-bond acceptors (Lipinski definition) is 3. The fourth-order valence-electron chi connectivity index (χ4n) is 1.46. The molecule has 21 heavy (non-hydrogen) atoms. The molecule has 112 valence electrons. The zero-order chi connectivity index (χ0) is 15.8. The van der Waals surface area contributed by atoms with Gasteiger partial charge in [-0.25, -0.2) is 17.8 Å². The third-order valence-corrected chi connectivity index (χ3v) is 5.19. The molecule has 4 nitrogen and oxygen atoms in total. The summed E-state index contributed by atoms with van der Waals surface area (Å²) in [6.45, 7) is 1.61. The normalized spacial score (nSPS) is 11.5. The number of rotatable bonds is 3. The van der Waals surface area contributed by atoms with Gasteiger partial charge < -0.3 is 0 Å². The lowest BCUT2D eigenvalue weighted by Crippen LogP contribution is -2.15. The standard InChI is InChI=1S/C12H8BrCl2FN2O2S/c1-6-9(14)5-10(15)12(17-6)18-21(19,20)7-2-3-8(13)11(16)4-7/h2-5H,1H3,(H,17,18). The average molecular weight is 414 g/mol. The first-order valence-electron chi connectivity index (χ1n) is 5.51. The van der Waals surface area contributed by atoms with E-state index in [1.807, 2.05) is 0 Å². The highest BCUT2D eigenvalue weighted by molar-refractivity contribution is 9.10. The molecule has 2 aromatic rings. The summed E-state index contributed by atoms with van der Waals surface area (Å²) in [5, 5.41) is 0.365. The van der Waals surface area contributed by atoms with Crippen molar-refractivity contribution in [2.75, 3.05) is 4.72 Å². The number of halogens is 4. The van der Waals surface area contributed by atoms with Crippen LogP contribution in [0.1, 0.15) is 5.69 Å². The van der Waals surface area contributed by atoms with E-state index in [9.17, 15) is 12.8 Å². The molecule has 1 heterocycles. The van der Waals surface area contributed by atoms with Crippen molar-refractivity contribution < 1.29 is 12.8 Å². The Kier molecular flexibility index (Phi) is 4.77. The van der Waals surface area contributed by atoms with Crippen LogP contribution in [0.4, 0.5) is 10.2 Å². The van der Waals surface area contributed by atoms with Crippen molar-refractivity contribution in [2.24, 2.45) is 0 Å². The maximum atomic E-state index is 13.4. The Morgan fingerprint density at radius 2 is 1.90 bits per heavy atom. The number of aryl methyl sites for hydroxylation is 1. The first-order chi connectivity index (χ1) is 9.70. The molecule has 0 amide bonds. The number of sulfonamides is 1. The highest BCUT2D eigenvalue weighted by atomic mass is 79.9. The number of aromatic nitrogens is 1. The lowest BCUT2D eigenvalue weighted by Gasteiger charge is -2.10. The summed E-state index contributed by atoms with van der Waals surface area (Å²) in [4.78, 5) is 3.72. The van der Waals surface area contributed by atoms with Gasteiger partial charge in [0.05, 0.1) is 25.1 Å². The number of nitrogens with zero attached hydrogens (tertiary/aromatic N) is 1. The Hall–Kier alpha value is -0.890. The second-order valence-electron chi connectivity index (χ2n) is 4.07. The number of nitrogens with one attached hydrogen (secondary N) is 1. The Morgan fingerprint density at radius 3 is 2.52 bits per heavy atom. The zero-order valence-electron chi connectivity index (χ0n) is 10.5. The Balaban J connectivity index is 2.42. The second kappa shape index (κ2) is 6.08. The molecule has 0 aliphatic rings. The van der Waals surface area contributed by atoms with Crippen LogP contribution in [0.15, 0.2) is 33.6 Å². The van der Waals surface area contributed by atoms with Crippen LogP contribution in [-0.2, 0) is 10.0 Å². The summed E-state index contributed by atoms with van der Waals surface area (Å²) in [5.74, 6) is -0.758. The van der Waals surface area contributed by atoms with Crippen molar-refractivity contribution in [3.63, 3.8) is 0 Å². The number of anilines is 1. The molecule has 0 fully saturated rings. The van der Waals surface area contributed by atoms with Gasteiger partial charge in [-0.1, -0.05) is 23.2 Å². The van der Waals surface area contributed by atoms with Crippen molar-refractivity contribution in [3.05, 3.63) is 50.3 Å². The van der Waals surface area contributed by atoms with E-state index in [4.69, 9.17) is 23.2 Å². The molecule has 0 bridgehead atoms. The molecule has 0 atom stereocenters. The number of hydrogen-bond donors (Lipinski definition) is 1. The van der Waals surface area contributed by atoms with Gasteiger partial charge in [0.2, 0.25) is 0 Å². The van der Waals surface area contributed by atoms with Crippen molar-refractivity contribution in [3.8, 4) is 0 Å². The first-order valence-corrected chi connectivity index (χ1v) is 8.54. The fraction of sp³-hybridized carbons (Fsp3) is 0.0833. The van der Waals surface area contributed by atoms with Gasteiger partial charge in [0, 0.05) is 0 Å². The fourth-order valence-corrected chi connectivity index (χ4v) is 3.20. The van der Waals surface area contributed by atoms with E-state index in [2.05, 4.69) is 25.6 Å². The van der Waals surface area contributed by atoms with E-state index in [1.165, 1.54) is 18.2 Å². The van der Waals surface area contributed by atoms with Crippen molar-refractivity contribution in [2.45, 2.75) is 11.8 Å². The van der Waals surface area contributed by atoms with Crippen LogP contribution >= 0.6 is 39.1 Å². The molecule has 9 heteroatoms. The molecule has 0 aliphatic carbocycles. The van der Waals surface area contributed by atoms with Crippen molar-refractivity contribution in [1.29, 1.82) is 0 Å². The molecule has 0 aliphatic heterocycles. The average Bonchev–Trinajstić information content (AvgIpc) is 2.39. The van der Waals surface area contributed by atoms with E-state index in [0.717, 1.165) is 6.07 Å². The first kappa shape index (κ1) is 16.5. The molecule has 1 N–H and O–H groups in total. The van der Waals surface area contributed by atoms with Crippen LogP contribution in [0.5, 0.6) is 0 Å². The van der Waals surface area contributed by atoms with Crippen molar-refractivity contribution in [1.82, 2.24) is 4.98 Å². The number of benzene rings is 1. The molecule has 0 spiro atoms. The molecular formula is C12H8BrCl2FN2O2S. The summed E-state index contributed by atoms with van der Waals surface area (Å²) in [6, 6.07) is 4.83. The zero-order valence-corrected chi connectivity index (χ0v) is 14.4. The SMILES string of the molecule is Cc1nc(NS(=O)(=O)c2ccc(Br)c(F)c2)c(Cl)cc1Cl. The molecule has 0 saturated carbocycles. The van der Waals surface area contributed by atoms with Crippen LogP contribution in [0.3, 0.4) is 0 Å². The quantitative estimate of drug-likeness (QED) is 0.811. The Morgan fingerprint density at radius 1 is 1.24 bits per heavy atom. The molecule has 0 unspecified atom stereocenters. The van der Waals surface area contributed by atoms with Crippen LogP contribution in [0.25, 0.3) is 0 Å². The van der Waals surface area contributed by atoms with Gasteiger partial charge in [0.1, 0.15) is 5.82 Å². The van der Waals surface area contributed by atoms with E-state index in [-0.39, 0.29) is 20.2 Å². The predicted octanol–water partition coefficient (Wildman–Crippen LogP) is 4.40. The summed E-state index contributed by atoms with van der Waals surface area (Å²) in [6.07, 6.45) is 0. The lowest BCUT2D eigenvalue weighted by atomic mass is 10.3. The number of pyridine rings is 1. The molecule has 2 rings (SSSR count). The van der Waals surface area contributed by atoms with Crippen LogP contribution in [0, 0.1) is 12.7 Å². The summed E-state index contributed by atoms with van der Waals surface area (Å²) in [7, 11) is -4.01. The monoisotopic (exact) mass is 412 g/mol. The van der Waals surface area contributed by atoms with Crippen LogP contribution < -0.4 is 4.72 Å². The molecular weight excluding hydrogens is 406 g/mol. The summed E-state index contributed by atoms with van der Waals surface area (Å²) in [5.41, 5.74) is 0.417. The van der Waals surface area contributed by atoms with E-state index in [1.54, 1.807) is 6.92 Å². The maximum Gasteiger partial charge on any atom is 0.263 e. The van der Waals surface area contributed by atoms with Crippen LogP contribution in [0.2, 0.25) is 10.0 Å². The van der Waals surface area contributed by atoms with Gasteiger partial charge in [0.25, 0.3) is 10.0 Å². The minimum atomic E-state index is -4.01. The Bertz CT molecular complexity index is 815. The predicted molar refractivity (Wildman–Crippen MR) is 83.9 cm³/mol. The largest absolute Gasteiger partial charge is 0.263 e. The van der Waals surface area contributed by atoms with Gasteiger partial charge in [-0.3, -0.25) is 4.72 Å². The van der Waals surface area contributed by atoms with E-state index < -0.39 is 15.8 Å². The molecule has 0 saturated heterocycles. The topological polar surface area (TPSA) is 59.1 Å². The van der Waals surface area contributed by atoms with Gasteiger partial charge >= 0.3 is 0 Å². The van der Waals surface area contributed by atoms with Crippen molar-refractivity contribution >= 4 is 55.0 Å². The van der Waals surface area contributed by atoms with E-state index in [0.29, 0.717) is 10.7 Å². The maximum absolute atomic E-state index is 13.4. The van der Waals surface area contributed by atoms with Gasteiger partial charge in [0.15, 0.2) is 5.82 Å². The van der Waals surface area contributed by atoms with Gasteiger partial charge in [-0.2, -0.15) is 0 Å². The third kappa shape index (κ3) is 3.66. The van der Waals surface area contributed by atoms with Gasteiger partial charge in [-0.15, -0.1) is 0 Å².